The molecule has 2 aromatic rings. The van der Waals surface area contributed by atoms with Gasteiger partial charge in [-0.25, -0.2) is 0 Å². The Labute approximate surface area is 150 Å². The molecule has 0 radical (unpaired) electrons. The summed E-state index contributed by atoms with van der Waals surface area (Å²) < 4.78 is 37.7. The molecule has 0 aliphatic rings. The van der Waals surface area contributed by atoms with Crippen LogP contribution in [0.15, 0.2) is 60.7 Å². The molecule has 0 saturated carbocycles. The number of anilines is 1. The van der Waals surface area contributed by atoms with E-state index in [2.05, 4.69) is 0 Å². The van der Waals surface area contributed by atoms with E-state index in [-0.39, 0.29) is 0 Å². The van der Waals surface area contributed by atoms with Crippen molar-refractivity contribution in [2.75, 3.05) is 19.0 Å². The predicted molar refractivity (Wildman–Crippen MR) is 98.4 cm³/mol. The van der Waals surface area contributed by atoms with Crippen molar-refractivity contribution in [3.63, 3.8) is 0 Å². The SMILES string of the molecule is CN(C)c1ccc(C(=CC=Cc2ccc(C(F)(F)F)cc2)C(N)=O)cc1. The minimum atomic E-state index is -4.36. The molecule has 2 N–H and O–H groups in total. The fourth-order valence-corrected chi connectivity index (χ4v) is 2.30. The molecule has 0 heterocycles. The molecule has 0 fully saturated rings. The van der Waals surface area contributed by atoms with Crippen molar-refractivity contribution < 1.29 is 18.0 Å². The Hall–Kier alpha value is -3.02. The van der Waals surface area contributed by atoms with Crippen molar-refractivity contribution in [2.24, 2.45) is 5.73 Å². The van der Waals surface area contributed by atoms with Crippen LogP contribution in [0.1, 0.15) is 16.7 Å². The summed E-state index contributed by atoms with van der Waals surface area (Å²) in [7, 11) is 3.82. The van der Waals surface area contributed by atoms with Crippen molar-refractivity contribution in [3.8, 4) is 0 Å². The molecule has 0 saturated heterocycles. The van der Waals surface area contributed by atoms with Gasteiger partial charge in [-0.15, -0.1) is 0 Å². The number of alkyl halides is 3. The van der Waals surface area contributed by atoms with Crippen LogP contribution in [0.3, 0.4) is 0 Å². The first-order valence-corrected chi connectivity index (χ1v) is 7.81. The molecule has 26 heavy (non-hydrogen) atoms. The zero-order valence-electron chi connectivity index (χ0n) is 14.4. The molecule has 0 aliphatic heterocycles. The summed E-state index contributed by atoms with van der Waals surface area (Å²) in [6.45, 7) is 0. The molecule has 0 unspecified atom stereocenters. The molecular formula is C20H19F3N2O. The zero-order valence-corrected chi connectivity index (χ0v) is 14.4. The molecule has 0 aliphatic carbocycles. The second kappa shape index (κ2) is 7.91. The maximum Gasteiger partial charge on any atom is 0.416 e. The molecular weight excluding hydrogens is 341 g/mol. The molecule has 2 aromatic carbocycles. The zero-order chi connectivity index (χ0) is 19.3. The smallest absolute Gasteiger partial charge is 0.378 e. The Morgan fingerprint density at radius 1 is 1.00 bits per heavy atom. The molecule has 2 rings (SSSR count). The Morgan fingerprint density at radius 2 is 1.58 bits per heavy atom. The molecule has 0 atom stereocenters. The fourth-order valence-electron chi connectivity index (χ4n) is 2.30. The number of halogens is 3. The minimum Gasteiger partial charge on any atom is -0.378 e. The van der Waals surface area contributed by atoms with Crippen LogP contribution in [0.5, 0.6) is 0 Å². The van der Waals surface area contributed by atoms with Crippen molar-refractivity contribution in [3.05, 3.63) is 77.4 Å². The summed E-state index contributed by atoms with van der Waals surface area (Å²) in [6.07, 6.45) is 0.379. The molecule has 1 amide bonds. The first kappa shape index (κ1) is 19.3. The van der Waals surface area contributed by atoms with Crippen LogP contribution >= 0.6 is 0 Å². The monoisotopic (exact) mass is 360 g/mol. The van der Waals surface area contributed by atoms with Gasteiger partial charge in [-0.1, -0.05) is 36.4 Å². The first-order valence-electron chi connectivity index (χ1n) is 7.81. The van der Waals surface area contributed by atoms with Gasteiger partial charge >= 0.3 is 6.18 Å². The van der Waals surface area contributed by atoms with Crippen molar-refractivity contribution >= 4 is 23.2 Å². The second-order valence-corrected chi connectivity index (χ2v) is 5.86. The number of nitrogens with zero attached hydrogens (tertiary/aromatic N) is 1. The van der Waals surface area contributed by atoms with E-state index in [9.17, 15) is 18.0 Å². The number of primary amides is 1. The number of benzene rings is 2. The van der Waals surface area contributed by atoms with Crippen LogP contribution < -0.4 is 10.6 Å². The van der Waals surface area contributed by atoms with Gasteiger partial charge in [0.05, 0.1) is 5.56 Å². The lowest BCUT2D eigenvalue weighted by atomic mass is 10.0. The highest BCUT2D eigenvalue weighted by molar-refractivity contribution is 6.19. The van der Waals surface area contributed by atoms with Gasteiger partial charge < -0.3 is 10.6 Å². The van der Waals surface area contributed by atoms with E-state index in [0.717, 1.165) is 17.8 Å². The van der Waals surface area contributed by atoms with Crippen LogP contribution in [0, 0.1) is 0 Å². The first-order chi connectivity index (χ1) is 12.2. The normalized spacial score (nSPS) is 12.4. The highest BCUT2D eigenvalue weighted by atomic mass is 19.4. The Balaban J connectivity index is 2.21. The van der Waals surface area contributed by atoms with Gasteiger partial charge in [-0.05, 0) is 41.5 Å². The van der Waals surface area contributed by atoms with E-state index < -0.39 is 17.6 Å². The summed E-state index contributed by atoms with van der Waals surface area (Å²) in [5.41, 5.74) is 7.29. The lowest BCUT2D eigenvalue weighted by molar-refractivity contribution is -0.137. The van der Waals surface area contributed by atoms with Crippen molar-refractivity contribution in [1.29, 1.82) is 0 Å². The van der Waals surface area contributed by atoms with E-state index in [1.54, 1.807) is 30.4 Å². The van der Waals surface area contributed by atoms with E-state index in [4.69, 9.17) is 5.73 Å². The number of carbonyl (C=O) groups excluding carboxylic acids is 1. The van der Waals surface area contributed by atoms with Gasteiger partial charge in [0.25, 0.3) is 0 Å². The number of nitrogens with two attached hydrogens (primary N) is 1. The van der Waals surface area contributed by atoms with E-state index in [0.29, 0.717) is 16.7 Å². The van der Waals surface area contributed by atoms with Gasteiger partial charge in [0.1, 0.15) is 0 Å². The number of rotatable bonds is 5. The molecule has 6 heteroatoms. The van der Waals surface area contributed by atoms with Crippen molar-refractivity contribution in [2.45, 2.75) is 6.18 Å². The number of hydrogen-bond donors (Lipinski definition) is 1. The molecule has 136 valence electrons. The number of hydrogen-bond acceptors (Lipinski definition) is 2. The van der Waals surface area contributed by atoms with Crippen LogP contribution in [0.4, 0.5) is 18.9 Å². The van der Waals surface area contributed by atoms with Crippen LogP contribution in [-0.2, 0) is 11.0 Å². The van der Waals surface area contributed by atoms with Crippen LogP contribution in [0.2, 0.25) is 0 Å². The van der Waals surface area contributed by atoms with Gasteiger partial charge in [-0.3, -0.25) is 4.79 Å². The minimum absolute atomic E-state index is 0.318. The Morgan fingerprint density at radius 3 is 2.04 bits per heavy atom. The number of carbonyl (C=O) groups is 1. The van der Waals surface area contributed by atoms with Gasteiger partial charge in [0.2, 0.25) is 5.91 Å². The lowest BCUT2D eigenvalue weighted by Gasteiger charge is -2.12. The summed E-state index contributed by atoms with van der Waals surface area (Å²) in [5.74, 6) is -0.584. The maximum absolute atomic E-state index is 12.6. The molecule has 3 nitrogen and oxygen atoms in total. The van der Waals surface area contributed by atoms with E-state index in [1.807, 2.05) is 31.1 Å². The predicted octanol–water partition coefficient (Wildman–Crippen LogP) is 4.35. The quantitative estimate of drug-likeness (QED) is 0.636. The maximum atomic E-state index is 12.6. The largest absolute Gasteiger partial charge is 0.416 e. The highest BCUT2D eigenvalue weighted by Crippen LogP contribution is 2.29. The summed E-state index contributed by atoms with van der Waals surface area (Å²) in [5, 5.41) is 0. The van der Waals surface area contributed by atoms with Crippen LogP contribution in [-0.4, -0.2) is 20.0 Å². The molecule has 0 spiro atoms. The van der Waals surface area contributed by atoms with Gasteiger partial charge in [-0.2, -0.15) is 13.2 Å². The third-order valence-electron chi connectivity index (χ3n) is 3.75. The van der Waals surface area contributed by atoms with E-state index in [1.165, 1.54) is 12.1 Å². The fraction of sp³-hybridized carbons (Fsp3) is 0.150. The highest BCUT2D eigenvalue weighted by Gasteiger charge is 2.29. The topological polar surface area (TPSA) is 46.3 Å². The van der Waals surface area contributed by atoms with Gasteiger partial charge in [0.15, 0.2) is 0 Å². The van der Waals surface area contributed by atoms with Crippen LogP contribution in [0.25, 0.3) is 11.6 Å². The third kappa shape index (κ3) is 4.99. The average molecular weight is 360 g/mol. The Bertz CT molecular complexity index is 818. The Kier molecular flexibility index (Phi) is 5.87. The third-order valence-corrected chi connectivity index (χ3v) is 3.75. The summed E-state index contributed by atoms with van der Waals surface area (Å²) >= 11 is 0. The molecule has 0 bridgehead atoms. The molecule has 0 aromatic heterocycles. The summed E-state index contributed by atoms with van der Waals surface area (Å²) in [6, 6.07) is 12.1. The number of amides is 1. The standard InChI is InChI=1S/C20H19F3N2O/c1-25(2)17-12-8-15(9-13-17)18(19(24)26)5-3-4-14-6-10-16(11-7-14)20(21,22)23/h3-13H,1-2H3,(H2,24,26). The average Bonchev–Trinajstić information content (AvgIpc) is 2.58. The number of allylic oxidation sites excluding steroid dienone is 2. The van der Waals surface area contributed by atoms with E-state index >= 15 is 0 Å². The lowest BCUT2D eigenvalue weighted by Crippen LogP contribution is -2.13. The van der Waals surface area contributed by atoms with Gasteiger partial charge in [0, 0.05) is 25.4 Å². The second-order valence-electron chi connectivity index (χ2n) is 5.86. The van der Waals surface area contributed by atoms with Crippen molar-refractivity contribution in [1.82, 2.24) is 0 Å². The summed E-state index contributed by atoms with van der Waals surface area (Å²) in [4.78, 5) is 13.6.